The molecular formula is C20H31FN2O7. The number of rotatable bonds is 11. The van der Waals surface area contributed by atoms with Gasteiger partial charge in [0.1, 0.15) is 30.2 Å². The molecule has 1 aromatic rings. The molecule has 2 rings (SSSR count). The first-order valence-corrected chi connectivity index (χ1v) is 10.1. The minimum absolute atomic E-state index is 0.136. The molecule has 0 aromatic heterocycles. The lowest BCUT2D eigenvalue weighted by Gasteiger charge is -2.39. The third kappa shape index (κ3) is 6.59. The van der Waals surface area contributed by atoms with Gasteiger partial charge in [0.2, 0.25) is 12.5 Å². The van der Waals surface area contributed by atoms with Crippen molar-refractivity contribution < 1.29 is 39.1 Å². The summed E-state index contributed by atoms with van der Waals surface area (Å²) in [6.07, 6.45) is -5.30. The number of benzene rings is 1. The number of alkyl halides is 1. The van der Waals surface area contributed by atoms with E-state index in [1.807, 2.05) is 0 Å². The highest BCUT2D eigenvalue weighted by molar-refractivity contribution is 5.82. The van der Waals surface area contributed by atoms with Gasteiger partial charge in [-0.05, 0) is 37.1 Å². The van der Waals surface area contributed by atoms with Crippen LogP contribution >= 0.6 is 0 Å². The topological polar surface area (TPSA) is 154 Å². The van der Waals surface area contributed by atoms with Crippen LogP contribution in [0.4, 0.5) is 4.39 Å². The molecule has 6 unspecified atom stereocenters. The van der Waals surface area contributed by atoms with Crippen molar-refractivity contribution in [2.75, 3.05) is 19.7 Å². The molecule has 6 atom stereocenters. The number of nitrogens with one attached hydrogen (secondary N) is 1. The van der Waals surface area contributed by atoms with E-state index in [2.05, 4.69) is 5.32 Å². The molecule has 10 heteroatoms. The van der Waals surface area contributed by atoms with Crippen molar-refractivity contribution in [2.45, 2.75) is 62.6 Å². The van der Waals surface area contributed by atoms with Crippen LogP contribution in [0, 0.1) is 0 Å². The number of carbonyl (C=O) groups is 1. The van der Waals surface area contributed by atoms with Crippen molar-refractivity contribution in [3.8, 4) is 5.75 Å². The molecule has 1 saturated heterocycles. The van der Waals surface area contributed by atoms with Crippen LogP contribution < -0.4 is 15.8 Å². The van der Waals surface area contributed by atoms with Crippen LogP contribution in [0.15, 0.2) is 24.3 Å². The molecule has 9 nitrogen and oxygen atoms in total. The maximum atomic E-state index is 14.4. The van der Waals surface area contributed by atoms with E-state index in [1.165, 1.54) is 24.3 Å². The Hall–Kier alpha value is -1.82. The van der Waals surface area contributed by atoms with Gasteiger partial charge in [-0.15, -0.1) is 0 Å². The fraction of sp³-hybridized carbons (Fsp3) is 0.650. The third-order valence-corrected chi connectivity index (χ3v) is 4.93. The van der Waals surface area contributed by atoms with Crippen LogP contribution in [0.5, 0.6) is 5.75 Å². The highest BCUT2D eigenvalue weighted by Gasteiger charge is 2.44. The predicted octanol–water partition coefficient (Wildman–Crippen LogP) is -0.489. The molecule has 0 bridgehead atoms. The van der Waals surface area contributed by atoms with E-state index in [0.29, 0.717) is 13.1 Å². The molecule has 1 fully saturated rings. The molecule has 0 radical (unpaired) electrons. The van der Waals surface area contributed by atoms with Crippen molar-refractivity contribution in [1.82, 2.24) is 5.32 Å². The van der Waals surface area contributed by atoms with E-state index in [9.17, 15) is 29.6 Å². The first-order valence-electron chi connectivity index (χ1n) is 10.1. The molecular weight excluding hydrogens is 399 g/mol. The largest absolute Gasteiger partial charge is 0.462 e. The summed E-state index contributed by atoms with van der Waals surface area (Å²) >= 11 is 0. The van der Waals surface area contributed by atoms with Gasteiger partial charge in [-0.1, -0.05) is 25.0 Å². The van der Waals surface area contributed by atoms with Crippen molar-refractivity contribution in [2.24, 2.45) is 5.73 Å². The molecule has 0 aliphatic carbocycles. The van der Waals surface area contributed by atoms with Gasteiger partial charge < -0.3 is 41.0 Å². The van der Waals surface area contributed by atoms with Gasteiger partial charge in [0.05, 0.1) is 6.61 Å². The SMILES string of the molecule is NCCCCCCNC(=O)C(F)c1ccc(OC2OC(CO)C(O)C(O)C2O)cc1. The molecule has 1 amide bonds. The van der Waals surface area contributed by atoms with E-state index in [-0.39, 0.29) is 11.3 Å². The second-order valence-electron chi connectivity index (χ2n) is 7.24. The molecule has 7 N–H and O–H groups in total. The summed E-state index contributed by atoms with van der Waals surface area (Å²) < 4.78 is 25.1. The first kappa shape index (κ1) is 24.4. The average Bonchev–Trinajstić information content (AvgIpc) is 2.76. The summed E-state index contributed by atoms with van der Waals surface area (Å²) in [4.78, 5) is 11.9. The van der Waals surface area contributed by atoms with Gasteiger partial charge in [-0.25, -0.2) is 4.39 Å². The lowest BCUT2D eigenvalue weighted by Crippen LogP contribution is -2.60. The number of nitrogens with two attached hydrogens (primary N) is 1. The zero-order chi connectivity index (χ0) is 22.1. The van der Waals surface area contributed by atoms with Crippen LogP contribution in [-0.4, -0.2) is 76.7 Å². The maximum Gasteiger partial charge on any atom is 0.259 e. The fourth-order valence-electron chi connectivity index (χ4n) is 3.09. The number of carbonyl (C=O) groups excluding carboxylic acids is 1. The predicted molar refractivity (Wildman–Crippen MR) is 105 cm³/mol. The van der Waals surface area contributed by atoms with Gasteiger partial charge in [0.25, 0.3) is 5.91 Å². The van der Waals surface area contributed by atoms with E-state index >= 15 is 0 Å². The van der Waals surface area contributed by atoms with Crippen LogP contribution in [-0.2, 0) is 9.53 Å². The smallest absolute Gasteiger partial charge is 0.259 e. The summed E-state index contributed by atoms with van der Waals surface area (Å²) in [6, 6.07) is 5.52. The standard InChI is InChI=1S/C20H31FN2O7/c21-15(19(28)23-10-4-2-1-3-9-22)12-5-7-13(8-6-12)29-20-18(27)17(26)16(25)14(11-24)30-20/h5-8,14-18,20,24-27H,1-4,9-11,22H2,(H,23,28). The highest BCUT2D eigenvalue weighted by atomic mass is 19.1. The zero-order valence-electron chi connectivity index (χ0n) is 16.7. The van der Waals surface area contributed by atoms with Crippen LogP contribution in [0.1, 0.15) is 37.4 Å². The summed E-state index contributed by atoms with van der Waals surface area (Å²) in [6.45, 7) is 0.451. The third-order valence-electron chi connectivity index (χ3n) is 4.93. The number of aliphatic hydroxyl groups excluding tert-OH is 4. The quantitative estimate of drug-likeness (QED) is 0.257. The van der Waals surface area contributed by atoms with Crippen LogP contribution in [0.2, 0.25) is 0 Å². The second-order valence-corrected chi connectivity index (χ2v) is 7.24. The summed E-state index contributed by atoms with van der Waals surface area (Å²) in [5.41, 5.74) is 5.55. The molecule has 170 valence electrons. The zero-order valence-corrected chi connectivity index (χ0v) is 16.7. The molecule has 30 heavy (non-hydrogen) atoms. The molecule has 1 aromatic carbocycles. The van der Waals surface area contributed by atoms with Crippen molar-refractivity contribution >= 4 is 5.91 Å². The van der Waals surface area contributed by atoms with Crippen molar-refractivity contribution in [3.05, 3.63) is 29.8 Å². The monoisotopic (exact) mass is 430 g/mol. The van der Waals surface area contributed by atoms with Gasteiger partial charge in [0.15, 0.2) is 0 Å². The number of halogens is 1. The van der Waals surface area contributed by atoms with E-state index < -0.39 is 49.4 Å². The van der Waals surface area contributed by atoms with Crippen LogP contribution in [0.3, 0.4) is 0 Å². The molecule has 0 spiro atoms. The van der Waals surface area contributed by atoms with Crippen molar-refractivity contribution in [3.63, 3.8) is 0 Å². The van der Waals surface area contributed by atoms with Gasteiger partial charge in [-0.3, -0.25) is 4.79 Å². The summed E-state index contributed by atoms with van der Waals surface area (Å²) in [7, 11) is 0. The van der Waals surface area contributed by atoms with Gasteiger partial charge in [0, 0.05) is 6.54 Å². The number of unbranched alkanes of at least 4 members (excludes halogenated alkanes) is 3. The highest BCUT2D eigenvalue weighted by Crippen LogP contribution is 2.26. The second kappa shape index (κ2) is 12.1. The van der Waals surface area contributed by atoms with E-state index in [4.69, 9.17) is 15.2 Å². The summed E-state index contributed by atoms with van der Waals surface area (Å²) in [5.74, 6) is -0.535. The molecule has 1 aliphatic heterocycles. The van der Waals surface area contributed by atoms with E-state index in [0.717, 1.165) is 25.7 Å². The Bertz CT molecular complexity index is 647. The minimum Gasteiger partial charge on any atom is -0.462 e. The number of hydrogen-bond acceptors (Lipinski definition) is 8. The van der Waals surface area contributed by atoms with Crippen molar-refractivity contribution in [1.29, 1.82) is 0 Å². The number of amides is 1. The number of hydrogen-bond donors (Lipinski definition) is 6. The minimum atomic E-state index is -1.84. The van der Waals surface area contributed by atoms with E-state index in [1.54, 1.807) is 0 Å². The lowest BCUT2D eigenvalue weighted by molar-refractivity contribution is -0.277. The number of aliphatic hydroxyl groups is 4. The Kier molecular flexibility index (Phi) is 9.89. The van der Waals surface area contributed by atoms with Gasteiger partial charge >= 0.3 is 0 Å². The first-order chi connectivity index (χ1) is 14.4. The Morgan fingerprint density at radius 1 is 1.10 bits per heavy atom. The Balaban J connectivity index is 1.86. The molecule has 1 heterocycles. The molecule has 1 aliphatic rings. The lowest BCUT2D eigenvalue weighted by atomic mass is 9.99. The molecule has 0 saturated carbocycles. The van der Waals surface area contributed by atoms with Crippen LogP contribution in [0.25, 0.3) is 0 Å². The maximum absolute atomic E-state index is 14.4. The Morgan fingerprint density at radius 2 is 1.77 bits per heavy atom. The fourth-order valence-corrected chi connectivity index (χ4v) is 3.09. The Labute approximate surface area is 174 Å². The average molecular weight is 430 g/mol. The Morgan fingerprint density at radius 3 is 2.40 bits per heavy atom. The number of ether oxygens (including phenoxy) is 2. The summed E-state index contributed by atoms with van der Waals surface area (Å²) in [5, 5.41) is 41.3. The van der Waals surface area contributed by atoms with Gasteiger partial charge in [-0.2, -0.15) is 0 Å². The normalized spacial score (nSPS) is 27.5.